The van der Waals surface area contributed by atoms with Crippen LogP contribution in [0.2, 0.25) is 0 Å². The van der Waals surface area contributed by atoms with Gasteiger partial charge in [-0.05, 0) is 0 Å². The van der Waals surface area contributed by atoms with Gasteiger partial charge in [-0.25, -0.2) is 8.78 Å². The molecule has 0 radical (unpaired) electrons. The van der Waals surface area contributed by atoms with E-state index in [2.05, 4.69) is 0 Å². The maximum Gasteiger partial charge on any atom is 0.383 e. The molecule has 0 atom stereocenters. The number of carbonyl (C=O) groups excluding carboxylic acids is 1. The summed E-state index contributed by atoms with van der Waals surface area (Å²) in [7, 11) is 0. The van der Waals surface area contributed by atoms with E-state index in [0.29, 0.717) is 0 Å². The third kappa shape index (κ3) is 3.73. The predicted octanol–water partition coefficient (Wildman–Crippen LogP) is 0.518. The molecule has 0 unspecified atom stereocenters. The Kier molecular flexibility index (Phi) is 5.14. The van der Waals surface area contributed by atoms with Crippen LogP contribution in [0.4, 0.5) is 17.6 Å². The minimum Gasteiger partial charge on any atom is -0.347 e. The fraction of sp³-hybridized carbons (Fsp3) is 0.571. The second kappa shape index (κ2) is 5.58. The molecule has 0 rings (SSSR count). The van der Waals surface area contributed by atoms with Crippen molar-refractivity contribution in [2.75, 3.05) is 13.1 Å². The molecule has 0 aromatic carbocycles. The Morgan fingerprint density at radius 1 is 1.43 bits per heavy atom. The van der Waals surface area contributed by atoms with E-state index < -0.39 is 18.3 Å². The van der Waals surface area contributed by atoms with E-state index in [4.69, 9.17) is 5.73 Å². The van der Waals surface area contributed by atoms with Gasteiger partial charge in [0.2, 0.25) is 0 Å². The smallest absolute Gasteiger partial charge is 0.347 e. The molecular weight excluding hydrogens is 204 g/mol. The Balaban J connectivity index is 4.02. The van der Waals surface area contributed by atoms with Crippen LogP contribution in [0.3, 0.4) is 0 Å². The number of halogens is 4. The van der Waals surface area contributed by atoms with Gasteiger partial charge in [-0.3, -0.25) is 4.79 Å². The molecule has 7 heteroatoms. The van der Waals surface area contributed by atoms with Gasteiger partial charge in [0.1, 0.15) is 0 Å². The van der Waals surface area contributed by atoms with E-state index in [1.807, 2.05) is 0 Å². The van der Waals surface area contributed by atoms with Crippen LogP contribution in [0.5, 0.6) is 0 Å². The zero-order valence-electron chi connectivity index (χ0n) is 7.14. The zero-order valence-corrected chi connectivity index (χ0v) is 7.14. The summed E-state index contributed by atoms with van der Waals surface area (Å²) in [6.07, 6.45) is -1.30. The molecule has 14 heavy (non-hydrogen) atoms. The van der Waals surface area contributed by atoms with Crippen LogP contribution in [-0.2, 0) is 4.79 Å². The first-order valence-electron chi connectivity index (χ1n) is 3.72. The van der Waals surface area contributed by atoms with Gasteiger partial charge < -0.3 is 11.1 Å². The highest BCUT2D eigenvalue weighted by molar-refractivity contribution is 5.83. The third-order valence-electron chi connectivity index (χ3n) is 1.26. The molecule has 0 aliphatic rings. The number of carbonyl (C=O) groups is 1. The average molecular weight is 214 g/mol. The van der Waals surface area contributed by atoms with Gasteiger partial charge in [-0.2, -0.15) is 8.78 Å². The highest BCUT2D eigenvalue weighted by atomic mass is 19.3. The van der Waals surface area contributed by atoms with Gasteiger partial charge in [0.05, 0.1) is 0 Å². The first-order valence-corrected chi connectivity index (χ1v) is 3.72. The number of alkyl halides is 4. The van der Waals surface area contributed by atoms with Crippen molar-refractivity contribution in [3.05, 3.63) is 12.2 Å². The quantitative estimate of drug-likeness (QED) is 0.517. The highest BCUT2D eigenvalue weighted by Crippen LogP contribution is 2.22. The van der Waals surface area contributed by atoms with Gasteiger partial charge in [-0.15, -0.1) is 0 Å². The van der Waals surface area contributed by atoms with E-state index in [0.717, 1.165) is 0 Å². The van der Waals surface area contributed by atoms with Crippen LogP contribution < -0.4 is 11.1 Å². The van der Waals surface area contributed by atoms with Gasteiger partial charge in [0, 0.05) is 13.1 Å². The van der Waals surface area contributed by atoms with Crippen LogP contribution in [0, 0.1) is 0 Å². The SMILES string of the molecule is NC/C=C/CNC(=O)C(F)(F)C(F)F. The van der Waals surface area contributed by atoms with E-state index in [9.17, 15) is 22.4 Å². The summed E-state index contributed by atoms with van der Waals surface area (Å²) in [5.74, 6) is -6.63. The summed E-state index contributed by atoms with van der Waals surface area (Å²) >= 11 is 0. The Labute approximate surface area is 78.0 Å². The maximum absolute atomic E-state index is 12.2. The molecule has 0 heterocycles. The summed E-state index contributed by atoms with van der Waals surface area (Å²) in [4.78, 5) is 10.5. The Bertz CT molecular complexity index is 218. The van der Waals surface area contributed by atoms with Gasteiger partial charge >= 0.3 is 12.3 Å². The molecule has 0 saturated carbocycles. The standard InChI is InChI=1S/C7H10F4N2O/c8-5(9)7(10,11)6(14)13-4-2-1-3-12/h1-2,5H,3-4,12H2,(H,13,14)/b2-1+. The number of hydrogen-bond donors (Lipinski definition) is 2. The molecule has 0 aromatic heterocycles. The van der Waals surface area contributed by atoms with Crippen molar-refractivity contribution in [1.82, 2.24) is 5.32 Å². The minimum atomic E-state index is -4.64. The van der Waals surface area contributed by atoms with Crippen LogP contribution in [0.15, 0.2) is 12.2 Å². The fourth-order valence-corrected chi connectivity index (χ4v) is 0.548. The summed E-state index contributed by atoms with van der Waals surface area (Å²) in [6.45, 7) is -0.0700. The summed E-state index contributed by atoms with van der Waals surface area (Å²) in [6, 6.07) is 0. The molecule has 0 aliphatic heterocycles. The number of nitrogens with two attached hydrogens (primary N) is 1. The fourth-order valence-electron chi connectivity index (χ4n) is 0.548. The minimum absolute atomic E-state index is 0.182. The molecule has 0 aromatic rings. The van der Waals surface area contributed by atoms with Crippen molar-refractivity contribution in [3.63, 3.8) is 0 Å². The summed E-state index contributed by atoms with van der Waals surface area (Å²) < 4.78 is 47.7. The molecule has 0 fully saturated rings. The maximum atomic E-state index is 12.2. The van der Waals surface area contributed by atoms with Crippen LogP contribution in [0.25, 0.3) is 0 Å². The number of hydrogen-bond acceptors (Lipinski definition) is 2. The molecule has 0 spiro atoms. The first kappa shape index (κ1) is 12.9. The van der Waals surface area contributed by atoms with Crippen molar-refractivity contribution in [2.24, 2.45) is 5.73 Å². The average Bonchev–Trinajstić information content (AvgIpc) is 2.11. The lowest BCUT2D eigenvalue weighted by Crippen LogP contribution is -2.45. The molecular formula is C7H10F4N2O. The van der Waals surface area contributed by atoms with Crippen molar-refractivity contribution in [3.8, 4) is 0 Å². The van der Waals surface area contributed by atoms with Gasteiger partial charge in [0.15, 0.2) is 0 Å². The van der Waals surface area contributed by atoms with Crippen molar-refractivity contribution in [2.45, 2.75) is 12.3 Å². The Hall–Kier alpha value is -1.11. The molecule has 0 bridgehead atoms. The van der Waals surface area contributed by atoms with E-state index in [1.54, 1.807) is 5.32 Å². The molecule has 1 amide bonds. The molecule has 3 N–H and O–H groups in total. The van der Waals surface area contributed by atoms with E-state index in [-0.39, 0.29) is 13.1 Å². The van der Waals surface area contributed by atoms with E-state index in [1.165, 1.54) is 12.2 Å². The third-order valence-corrected chi connectivity index (χ3v) is 1.26. The summed E-state index contributed by atoms with van der Waals surface area (Å²) in [5.41, 5.74) is 5.01. The lowest BCUT2D eigenvalue weighted by Gasteiger charge is -2.13. The molecule has 0 saturated heterocycles. The van der Waals surface area contributed by atoms with Crippen molar-refractivity contribution >= 4 is 5.91 Å². The first-order chi connectivity index (χ1) is 6.42. The summed E-state index contributed by atoms with van der Waals surface area (Å²) in [5, 5.41) is 1.63. The van der Waals surface area contributed by atoms with Gasteiger partial charge in [-0.1, -0.05) is 12.2 Å². The van der Waals surface area contributed by atoms with Crippen molar-refractivity contribution in [1.29, 1.82) is 0 Å². The highest BCUT2D eigenvalue weighted by Gasteiger charge is 2.48. The normalized spacial score (nSPS) is 12.4. The lowest BCUT2D eigenvalue weighted by atomic mass is 10.3. The molecule has 82 valence electrons. The van der Waals surface area contributed by atoms with Crippen LogP contribution in [0.1, 0.15) is 0 Å². The lowest BCUT2D eigenvalue weighted by molar-refractivity contribution is -0.169. The zero-order chi connectivity index (χ0) is 11.2. The van der Waals surface area contributed by atoms with Crippen LogP contribution >= 0.6 is 0 Å². The molecule has 3 nitrogen and oxygen atoms in total. The Morgan fingerprint density at radius 3 is 2.43 bits per heavy atom. The molecule has 0 aliphatic carbocycles. The predicted molar refractivity (Wildman–Crippen MR) is 42.2 cm³/mol. The Morgan fingerprint density at radius 2 is 2.00 bits per heavy atom. The monoisotopic (exact) mass is 214 g/mol. The largest absolute Gasteiger partial charge is 0.383 e. The van der Waals surface area contributed by atoms with Crippen LogP contribution in [-0.4, -0.2) is 31.3 Å². The van der Waals surface area contributed by atoms with Gasteiger partial charge in [0.25, 0.3) is 5.91 Å². The van der Waals surface area contributed by atoms with E-state index >= 15 is 0 Å². The number of amides is 1. The topological polar surface area (TPSA) is 55.1 Å². The van der Waals surface area contributed by atoms with Crippen molar-refractivity contribution < 1.29 is 22.4 Å². The second-order valence-corrected chi connectivity index (χ2v) is 2.34. The number of nitrogens with one attached hydrogen (secondary N) is 1. The number of rotatable bonds is 5. The second-order valence-electron chi connectivity index (χ2n) is 2.34.